The van der Waals surface area contributed by atoms with Crippen LogP contribution in [0.4, 0.5) is 0 Å². The van der Waals surface area contributed by atoms with E-state index < -0.39 is 0 Å². The summed E-state index contributed by atoms with van der Waals surface area (Å²) in [6.45, 7) is 4.50. The van der Waals surface area contributed by atoms with Gasteiger partial charge < -0.3 is 0 Å². The van der Waals surface area contributed by atoms with E-state index in [1.54, 1.807) is 4.88 Å². The van der Waals surface area contributed by atoms with Crippen LogP contribution in [-0.4, -0.2) is 0 Å². The molecule has 0 aliphatic carbocycles. The lowest BCUT2D eigenvalue weighted by Crippen LogP contribution is -1.83. The van der Waals surface area contributed by atoms with Gasteiger partial charge in [-0.1, -0.05) is 81.6 Å². The number of hydrogen-bond donors (Lipinski definition) is 0. The molecule has 2 heterocycles. The van der Waals surface area contributed by atoms with Crippen LogP contribution < -0.4 is 0 Å². The van der Waals surface area contributed by atoms with Crippen LogP contribution in [0.2, 0.25) is 0 Å². The first-order chi connectivity index (χ1) is 13.8. The van der Waals surface area contributed by atoms with E-state index in [-0.39, 0.29) is 0 Å². The smallest absolute Gasteiger partial charge is 0.0460 e. The number of thiophene rings is 2. The van der Waals surface area contributed by atoms with Gasteiger partial charge in [0.1, 0.15) is 0 Å². The molecule has 28 heavy (non-hydrogen) atoms. The third kappa shape index (κ3) is 4.39. The molecule has 2 aromatic carbocycles. The van der Waals surface area contributed by atoms with Crippen LogP contribution in [0.3, 0.4) is 0 Å². The van der Waals surface area contributed by atoms with Gasteiger partial charge in [0.15, 0.2) is 0 Å². The van der Waals surface area contributed by atoms with Gasteiger partial charge in [-0.2, -0.15) is 0 Å². The molecule has 2 aromatic heterocycles. The first-order valence-corrected chi connectivity index (χ1v) is 12.1. The van der Waals surface area contributed by atoms with Crippen molar-refractivity contribution in [2.75, 3.05) is 0 Å². The molecule has 0 fully saturated rings. The van der Waals surface area contributed by atoms with E-state index in [1.807, 2.05) is 22.7 Å². The summed E-state index contributed by atoms with van der Waals surface area (Å²) < 4.78 is 2.89. The number of aryl methyl sites for hydroxylation is 2. The van der Waals surface area contributed by atoms with Crippen LogP contribution in [0.15, 0.2) is 60.7 Å². The van der Waals surface area contributed by atoms with E-state index in [4.69, 9.17) is 0 Å². The zero-order valence-electron chi connectivity index (χ0n) is 16.8. The molecule has 0 aliphatic heterocycles. The Labute approximate surface area is 176 Å². The Bertz CT molecular complexity index is 985. The SMILES string of the molecule is CCCCCc1cc2sc(-c3ccc(-c4ccc(CCC)cc4)cc3)cc2s1. The van der Waals surface area contributed by atoms with Gasteiger partial charge in [0.05, 0.1) is 0 Å². The lowest BCUT2D eigenvalue weighted by atomic mass is 10.0. The monoisotopic (exact) mass is 404 g/mol. The zero-order valence-corrected chi connectivity index (χ0v) is 18.5. The Morgan fingerprint density at radius 2 is 1.25 bits per heavy atom. The molecule has 0 saturated heterocycles. The van der Waals surface area contributed by atoms with Gasteiger partial charge in [-0.05, 0) is 53.6 Å². The Morgan fingerprint density at radius 1 is 0.607 bits per heavy atom. The third-order valence-corrected chi connectivity index (χ3v) is 7.68. The molecule has 4 aromatic rings. The van der Waals surface area contributed by atoms with Crippen LogP contribution >= 0.6 is 22.7 Å². The summed E-state index contributed by atoms with van der Waals surface area (Å²) in [5, 5.41) is 0. The van der Waals surface area contributed by atoms with E-state index in [0.717, 1.165) is 6.42 Å². The lowest BCUT2D eigenvalue weighted by Gasteiger charge is -2.05. The van der Waals surface area contributed by atoms with Crippen molar-refractivity contribution in [3.05, 3.63) is 71.1 Å². The molecule has 0 amide bonds. The molecule has 0 aliphatic rings. The predicted molar refractivity (Wildman–Crippen MR) is 128 cm³/mol. The predicted octanol–water partition coefficient (Wildman–Crippen LogP) is 8.98. The highest BCUT2D eigenvalue weighted by atomic mass is 32.1. The van der Waals surface area contributed by atoms with Gasteiger partial charge in [-0.15, -0.1) is 22.7 Å². The lowest BCUT2D eigenvalue weighted by molar-refractivity contribution is 0.723. The molecule has 0 radical (unpaired) electrons. The third-order valence-electron chi connectivity index (χ3n) is 5.28. The number of hydrogen-bond acceptors (Lipinski definition) is 2. The Hall–Kier alpha value is -1.90. The summed E-state index contributed by atoms with van der Waals surface area (Å²) in [6, 6.07) is 22.9. The fourth-order valence-corrected chi connectivity index (χ4v) is 6.15. The Morgan fingerprint density at radius 3 is 1.89 bits per heavy atom. The van der Waals surface area contributed by atoms with Gasteiger partial charge in [0.2, 0.25) is 0 Å². The highest BCUT2D eigenvalue weighted by molar-refractivity contribution is 7.29. The van der Waals surface area contributed by atoms with E-state index in [0.29, 0.717) is 0 Å². The first kappa shape index (κ1) is 19.4. The normalized spacial score (nSPS) is 11.4. The first-order valence-electron chi connectivity index (χ1n) is 10.5. The molecule has 0 atom stereocenters. The summed E-state index contributed by atoms with van der Waals surface area (Å²) in [5.41, 5.74) is 5.35. The average molecular weight is 405 g/mol. The maximum absolute atomic E-state index is 2.41. The van der Waals surface area contributed by atoms with Crippen LogP contribution in [-0.2, 0) is 12.8 Å². The summed E-state index contributed by atoms with van der Waals surface area (Å²) in [4.78, 5) is 2.93. The summed E-state index contributed by atoms with van der Waals surface area (Å²) in [7, 11) is 0. The fraction of sp³-hybridized carbons (Fsp3) is 0.308. The van der Waals surface area contributed by atoms with E-state index in [2.05, 4.69) is 74.5 Å². The van der Waals surface area contributed by atoms with Crippen LogP contribution in [0.5, 0.6) is 0 Å². The van der Waals surface area contributed by atoms with Gasteiger partial charge in [-0.3, -0.25) is 0 Å². The Kier molecular flexibility index (Phi) is 6.29. The van der Waals surface area contributed by atoms with E-state index in [1.165, 1.54) is 68.6 Å². The molecule has 0 bridgehead atoms. The van der Waals surface area contributed by atoms with Crippen molar-refractivity contribution in [1.29, 1.82) is 0 Å². The largest absolute Gasteiger partial charge is 0.139 e. The average Bonchev–Trinajstić information content (AvgIpc) is 3.28. The number of fused-ring (bicyclic) bond motifs is 1. The molecular weight excluding hydrogens is 376 g/mol. The van der Waals surface area contributed by atoms with Crippen molar-refractivity contribution in [3.63, 3.8) is 0 Å². The summed E-state index contributed by atoms with van der Waals surface area (Å²) in [6.07, 6.45) is 7.55. The van der Waals surface area contributed by atoms with Gasteiger partial charge in [-0.25, -0.2) is 0 Å². The summed E-state index contributed by atoms with van der Waals surface area (Å²) >= 11 is 3.91. The minimum absolute atomic E-state index is 1.16. The van der Waals surface area contributed by atoms with E-state index in [9.17, 15) is 0 Å². The highest BCUT2D eigenvalue weighted by Crippen LogP contribution is 2.39. The second-order valence-electron chi connectivity index (χ2n) is 7.53. The molecule has 0 N–H and O–H groups in total. The van der Waals surface area contributed by atoms with Crippen molar-refractivity contribution in [1.82, 2.24) is 0 Å². The molecule has 2 heteroatoms. The number of benzene rings is 2. The van der Waals surface area contributed by atoms with Crippen molar-refractivity contribution in [2.24, 2.45) is 0 Å². The summed E-state index contributed by atoms with van der Waals surface area (Å²) in [5.74, 6) is 0. The van der Waals surface area contributed by atoms with Crippen molar-refractivity contribution >= 4 is 32.1 Å². The van der Waals surface area contributed by atoms with Crippen molar-refractivity contribution < 1.29 is 0 Å². The zero-order chi connectivity index (χ0) is 19.3. The van der Waals surface area contributed by atoms with Gasteiger partial charge >= 0.3 is 0 Å². The second kappa shape index (κ2) is 9.07. The van der Waals surface area contributed by atoms with E-state index >= 15 is 0 Å². The number of rotatable bonds is 8. The van der Waals surface area contributed by atoms with Crippen LogP contribution in [0.25, 0.3) is 31.0 Å². The molecule has 144 valence electrons. The van der Waals surface area contributed by atoms with Crippen molar-refractivity contribution in [3.8, 4) is 21.6 Å². The highest BCUT2D eigenvalue weighted by Gasteiger charge is 2.09. The molecule has 0 spiro atoms. The van der Waals surface area contributed by atoms with Crippen LogP contribution in [0, 0.1) is 0 Å². The van der Waals surface area contributed by atoms with Gasteiger partial charge in [0.25, 0.3) is 0 Å². The fourth-order valence-electron chi connectivity index (χ4n) is 3.68. The minimum Gasteiger partial charge on any atom is -0.139 e. The molecule has 0 saturated carbocycles. The Balaban J connectivity index is 1.49. The second-order valence-corrected chi connectivity index (χ2v) is 9.79. The molecule has 4 rings (SSSR count). The standard InChI is InChI=1S/C26H28S2/c1-3-5-6-8-23-17-25-26(27-23)18-24(28-25)22-15-13-21(14-16-22)20-11-9-19(7-4-2)10-12-20/h9-18H,3-8H2,1-2H3. The number of unbranched alkanes of at least 4 members (excludes halogenated alkanes) is 2. The molecule has 0 unspecified atom stereocenters. The van der Waals surface area contributed by atoms with Crippen LogP contribution in [0.1, 0.15) is 50.0 Å². The maximum Gasteiger partial charge on any atom is 0.0460 e. The maximum atomic E-state index is 2.41. The molecule has 0 nitrogen and oxygen atoms in total. The quantitative estimate of drug-likeness (QED) is 0.257. The molecular formula is C26H28S2. The minimum atomic E-state index is 1.16. The van der Waals surface area contributed by atoms with Crippen molar-refractivity contribution in [2.45, 2.75) is 52.4 Å². The van der Waals surface area contributed by atoms with Gasteiger partial charge in [0, 0.05) is 19.2 Å². The topological polar surface area (TPSA) is 0 Å².